The first kappa shape index (κ1) is 14.3. The maximum atomic E-state index is 12.3. The number of hydrogen-bond donors (Lipinski definition) is 2. The van der Waals surface area contributed by atoms with Crippen molar-refractivity contribution in [3.8, 4) is 0 Å². The monoisotopic (exact) mass is 283 g/mol. The van der Waals surface area contributed by atoms with Crippen molar-refractivity contribution in [2.75, 3.05) is 6.54 Å². The minimum absolute atomic E-state index is 0.0319. The number of amides is 2. The van der Waals surface area contributed by atoms with Crippen LogP contribution >= 0.6 is 0 Å². The Labute approximate surface area is 115 Å². The molecule has 0 radical (unpaired) electrons. The lowest BCUT2D eigenvalue weighted by molar-refractivity contribution is -0.147. The first-order valence-corrected chi connectivity index (χ1v) is 6.46. The van der Waals surface area contributed by atoms with Crippen molar-refractivity contribution < 1.29 is 24.3 Å². The molecule has 0 aliphatic carbocycles. The predicted octanol–water partition coefficient (Wildman–Crippen LogP) is -0.672. The molecule has 2 heterocycles. The number of carboxylic acids is 1. The van der Waals surface area contributed by atoms with Gasteiger partial charge in [0.15, 0.2) is 5.71 Å². The maximum absolute atomic E-state index is 12.3. The van der Waals surface area contributed by atoms with Crippen LogP contribution in [-0.2, 0) is 19.2 Å². The third-order valence-electron chi connectivity index (χ3n) is 3.76. The third kappa shape index (κ3) is 2.73. The summed E-state index contributed by atoms with van der Waals surface area (Å²) in [5.41, 5.74) is 5.11. The van der Waals surface area contributed by atoms with E-state index in [0.29, 0.717) is 12.8 Å². The second-order valence-corrected chi connectivity index (χ2v) is 5.16. The second-order valence-electron chi connectivity index (χ2n) is 5.16. The highest BCUT2D eigenvalue weighted by atomic mass is 16.6. The molecular weight excluding hydrogens is 266 g/mol. The molecule has 110 valence electrons. The van der Waals surface area contributed by atoms with E-state index in [0.717, 1.165) is 0 Å². The third-order valence-corrected chi connectivity index (χ3v) is 3.76. The molecule has 20 heavy (non-hydrogen) atoms. The molecule has 3 N–H and O–H groups in total. The molecule has 0 saturated carbocycles. The number of piperidine rings is 1. The number of rotatable bonds is 3. The van der Waals surface area contributed by atoms with E-state index in [-0.39, 0.29) is 36.5 Å². The maximum Gasteiger partial charge on any atom is 0.353 e. The summed E-state index contributed by atoms with van der Waals surface area (Å²) in [5.74, 6) is -2.33. The van der Waals surface area contributed by atoms with Gasteiger partial charge in [-0.3, -0.25) is 9.59 Å². The molecule has 3 unspecified atom stereocenters. The summed E-state index contributed by atoms with van der Waals surface area (Å²) in [6, 6.07) is -0.0319. The summed E-state index contributed by atoms with van der Waals surface area (Å²) < 4.78 is 0. The van der Waals surface area contributed by atoms with E-state index in [2.05, 4.69) is 5.16 Å². The molecule has 1 fully saturated rings. The van der Waals surface area contributed by atoms with Gasteiger partial charge in [-0.25, -0.2) is 4.79 Å². The zero-order valence-electron chi connectivity index (χ0n) is 11.1. The van der Waals surface area contributed by atoms with Crippen molar-refractivity contribution in [3.63, 3.8) is 0 Å². The number of hydrogen-bond acceptors (Lipinski definition) is 5. The van der Waals surface area contributed by atoms with Crippen molar-refractivity contribution in [1.29, 1.82) is 0 Å². The number of carbonyl (C=O) groups is 3. The van der Waals surface area contributed by atoms with E-state index in [4.69, 9.17) is 15.7 Å². The quantitative estimate of drug-likeness (QED) is 0.711. The Bertz CT molecular complexity index is 476. The lowest BCUT2D eigenvalue weighted by Crippen LogP contribution is -2.51. The highest BCUT2D eigenvalue weighted by Gasteiger charge is 2.39. The van der Waals surface area contributed by atoms with Gasteiger partial charge in [0.1, 0.15) is 0 Å². The minimum Gasteiger partial charge on any atom is -0.477 e. The van der Waals surface area contributed by atoms with Crippen LogP contribution in [0.2, 0.25) is 0 Å². The van der Waals surface area contributed by atoms with Crippen LogP contribution < -0.4 is 5.73 Å². The Hall–Kier alpha value is -2.12. The Balaban J connectivity index is 2.01. The van der Waals surface area contributed by atoms with Crippen LogP contribution in [0.3, 0.4) is 0 Å². The predicted molar refractivity (Wildman–Crippen MR) is 67.7 cm³/mol. The van der Waals surface area contributed by atoms with E-state index in [1.807, 2.05) is 6.92 Å². The average Bonchev–Trinajstić information content (AvgIpc) is 2.88. The summed E-state index contributed by atoms with van der Waals surface area (Å²) in [5, 5.41) is 12.2. The average molecular weight is 283 g/mol. The van der Waals surface area contributed by atoms with E-state index in [1.165, 1.54) is 4.90 Å². The molecule has 2 aliphatic heterocycles. The van der Waals surface area contributed by atoms with Crippen molar-refractivity contribution in [3.05, 3.63) is 0 Å². The molecular formula is C12H17N3O5. The van der Waals surface area contributed by atoms with Gasteiger partial charge in [0.2, 0.25) is 12.0 Å². The summed E-state index contributed by atoms with van der Waals surface area (Å²) >= 11 is 0. The fraction of sp³-hybridized carbons (Fsp3) is 0.667. The van der Waals surface area contributed by atoms with Crippen LogP contribution in [-0.4, -0.2) is 52.2 Å². The van der Waals surface area contributed by atoms with Gasteiger partial charge in [-0.05, 0) is 19.8 Å². The highest BCUT2D eigenvalue weighted by Crippen LogP contribution is 2.24. The Kier molecular flexibility index (Phi) is 3.91. The van der Waals surface area contributed by atoms with Crippen LogP contribution in [0.4, 0.5) is 0 Å². The summed E-state index contributed by atoms with van der Waals surface area (Å²) in [7, 11) is 0. The summed E-state index contributed by atoms with van der Waals surface area (Å²) in [6.07, 6.45) is 0.357. The molecule has 8 heteroatoms. The molecule has 0 bridgehead atoms. The van der Waals surface area contributed by atoms with Crippen LogP contribution in [0.15, 0.2) is 5.16 Å². The number of oxime groups is 1. The SMILES string of the molecule is CC1CCC(C(N)=O)CN1C(=O)C1CC(C(=O)O)=NO1. The van der Waals surface area contributed by atoms with E-state index in [9.17, 15) is 14.4 Å². The van der Waals surface area contributed by atoms with Crippen LogP contribution in [0.5, 0.6) is 0 Å². The molecule has 0 aromatic heterocycles. The van der Waals surface area contributed by atoms with Crippen molar-refractivity contribution in [1.82, 2.24) is 4.90 Å². The Morgan fingerprint density at radius 3 is 2.65 bits per heavy atom. The molecule has 2 amide bonds. The molecule has 2 rings (SSSR count). The van der Waals surface area contributed by atoms with Gasteiger partial charge < -0.3 is 20.6 Å². The van der Waals surface area contributed by atoms with Crippen LogP contribution in [0.25, 0.3) is 0 Å². The van der Waals surface area contributed by atoms with Gasteiger partial charge in [0, 0.05) is 19.0 Å². The molecule has 1 saturated heterocycles. The number of carboxylic acid groups (broad SMARTS) is 1. The number of carbonyl (C=O) groups excluding carboxylic acids is 2. The van der Waals surface area contributed by atoms with Gasteiger partial charge in [-0.2, -0.15) is 0 Å². The smallest absolute Gasteiger partial charge is 0.353 e. The first-order chi connectivity index (χ1) is 9.40. The normalized spacial score (nSPS) is 29.6. The molecule has 0 aromatic rings. The first-order valence-electron chi connectivity index (χ1n) is 6.46. The van der Waals surface area contributed by atoms with E-state index < -0.39 is 18.0 Å². The fourth-order valence-electron chi connectivity index (χ4n) is 2.47. The summed E-state index contributed by atoms with van der Waals surface area (Å²) in [4.78, 5) is 40.7. The van der Waals surface area contributed by atoms with Crippen molar-refractivity contribution in [2.45, 2.75) is 38.3 Å². The highest BCUT2D eigenvalue weighted by molar-refractivity contribution is 6.36. The zero-order valence-corrected chi connectivity index (χ0v) is 11.1. The molecule has 0 spiro atoms. The van der Waals surface area contributed by atoms with Gasteiger partial charge >= 0.3 is 5.97 Å². The summed E-state index contributed by atoms with van der Waals surface area (Å²) in [6.45, 7) is 2.13. The van der Waals surface area contributed by atoms with Gasteiger partial charge in [0.25, 0.3) is 5.91 Å². The molecule has 0 aromatic carbocycles. The Morgan fingerprint density at radius 2 is 2.10 bits per heavy atom. The fourth-order valence-corrected chi connectivity index (χ4v) is 2.47. The van der Waals surface area contributed by atoms with Crippen molar-refractivity contribution in [2.24, 2.45) is 16.8 Å². The lowest BCUT2D eigenvalue weighted by atomic mass is 9.92. The van der Waals surface area contributed by atoms with E-state index >= 15 is 0 Å². The number of likely N-dealkylation sites (tertiary alicyclic amines) is 1. The van der Waals surface area contributed by atoms with Gasteiger partial charge in [-0.15, -0.1) is 0 Å². The topological polar surface area (TPSA) is 122 Å². The number of nitrogens with zero attached hydrogens (tertiary/aromatic N) is 2. The number of nitrogens with two attached hydrogens (primary N) is 1. The Morgan fingerprint density at radius 1 is 1.40 bits per heavy atom. The number of aliphatic carboxylic acids is 1. The number of primary amides is 1. The van der Waals surface area contributed by atoms with Crippen LogP contribution in [0.1, 0.15) is 26.2 Å². The lowest BCUT2D eigenvalue weighted by Gasteiger charge is -2.37. The minimum atomic E-state index is -1.19. The standard InChI is InChI=1S/C12H17N3O5/c1-6-2-3-7(10(13)16)5-15(6)11(17)9-4-8(12(18)19)14-20-9/h6-7,9H,2-5H2,1H3,(H2,13,16)(H,18,19). The van der Waals surface area contributed by atoms with E-state index in [1.54, 1.807) is 0 Å². The molecule has 3 atom stereocenters. The van der Waals surface area contributed by atoms with Gasteiger partial charge in [-0.1, -0.05) is 5.16 Å². The van der Waals surface area contributed by atoms with Crippen LogP contribution in [0, 0.1) is 5.92 Å². The van der Waals surface area contributed by atoms with Crippen molar-refractivity contribution >= 4 is 23.5 Å². The van der Waals surface area contributed by atoms with Gasteiger partial charge in [0.05, 0.1) is 5.92 Å². The molecule has 8 nitrogen and oxygen atoms in total. The zero-order chi connectivity index (χ0) is 14.9. The largest absolute Gasteiger partial charge is 0.477 e. The molecule has 2 aliphatic rings. The second kappa shape index (κ2) is 5.48.